The molecule has 1 aromatic heterocycles. The predicted octanol–water partition coefficient (Wildman–Crippen LogP) is 1.19. The van der Waals surface area contributed by atoms with Gasteiger partial charge >= 0.3 is 0 Å². The molecular formula is C19H29N5O2. The van der Waals surface area contributed by atoms with Crippen LogP contribution in [0.2, 0.25) is 0 Å². The molecule has 2 saturated heterocycles. The van der Waals surface area contributed by atoms with Crippen molar-refractivity contribution in [3.8, 4) is 0 Å². The first-order valence-corrected chi connectivity index (χ1v) is 9.72. The van der Waals surface area contributed by atoms with Gasteiger partial charge in [-0.15, -0.1) is 0 Å². The third kappa shape index (κ3) is 3.76. The summed E-state index contributed by atoms with van der Waals surface area (Å²) >= 11 is 0. The molecule has 1 aromatic carbocycles. The first kappa shape index (κ1) is 17.9. The van der Waals surface area contributed by atoms with E-state index in [1.165, 1.54) is 31.5 Å². The predicted molar refractivity (Wildman–Crippen MR) is 99.8 cm³/mol. The van der Waals surface area contributed by atoms with E-state index in [1.807, 2.05) is 12.1 Å². The fraction of sp³-hybridized carbons (Fsp3) is 0.684. The SMILES string of the molecule is CN1CCC(N2CCN(Cc3cccc4nonc34)CC2CCO)CC1. The standard InChI is InChI=1S/C19H29N5O2/c1-22-8-5-16(6-9-22)24-11-10-23(14-17(24)7-12-25)13-15-3-2-4-18-19(15)21-26-20-18/h2-4,16-17,25H,5-14H2,1H3. The lowest BCUT2D eigenvalue weighted by atomic mass is 9.98. The molecule has 1 atom stereocenters. The maximum atomic E-state index is 9.58. The first-order chi connectivity index (χ1) is 12.7. The van der Waals surface area contributed by atoms with Gasteiger partial charge < -0.3 is 10.0 Å². The van der Waals surface area contributed by atoms with Crippen molar-refractivity contribution < 1.29 is 9.74 Å². The van der Waals surface area contributed by atoms with E-state index >= 15 is 0 Å². The van der Waals surface area contributed by atoms with Gasteiger partial charge in [0.05, 0.1) is 0 Å². The summed E-state index contributed by atoms with van der Waals surface area (Å²) in [5.41, 5.74) is 2.85. The van der Waals surface area contributed by atoms with Crippen LogP contribution in [0.3, 0.4) is 0 Å². The van der Waals surface area contributed by atoms with Crippen molar-refractivity contribution in [2.45, 2.75) is 37.9 Å². The number of aromatic nitrogens is 2. The van der Waals surface area contributed by atoms with Crippen LogP contribution >= 0.6 is 0 Å². The molecule has 0 saturated carbocycles. The molecule has 0 amide bonds. The fourth-order valence-electron chi connectivity index (χ4n) is 4.52. The van der Waals surface area contributed by atoms with Crippen LogP contribution in [0.1, 0.15) is 24.8 Å². The molecule has 7 heteroatoms. The zero-order valence-corrected chi connectivity index (χ0v) is 15.5. The molecule has 3 heterocycles. The summed E-state index contributed by atoms with van der Waals surface area (Å²) in [4.78, 5) is 7.56. The average molecular weight is 359 g/mol. The van der Waals surface area contributed by atoms with Gasteiger partial charge in [-0.2, -0.15) is 0 Å². The molecule has 0 aliphatic carbocycles. The Balaban J connectivity index is 1.43. The Hall–Kier alpha value is -1.54. The summed E-state index contributed by atoms with van der Waals surface area (Å²) < 4.78 is 4.90. The minimum atomic E-state index is 0.254. The minimum absolute atomic E-state index is 0.254. The van der Waals surface area contributed by atoms with Gasteiger partial charge in [0.1, 0.15) is 11.0 Å². The van der Waals surface area contributed by atoms with Gasteiger partial charge in [-0.1, -0.05) is 12.1 Å². The zero-order chi connectivity index (χ0) is 17.9. The highest BCUT2D eigenvalue weighted by Crippen LogP contribution is 2.24. The smallest absolute Gasteiger partial charge is 0.139 e. The Labute approximate surface area is 154 Å². The van der Waals surface area contributed by atoms with Crippen molar-refractivity contribution in [2.75, 3.05) is 46.4 Å². The summed E-state index contributed by atoms with van der Waals surface area (Å²) in [6.45, 7) is 6.59. The van der Waals surface area contributed by atoms with Crippen molar-refractivity contribution in [1.29, 1.82) is 0 Å². The van der Waals surface area contributed by atoms with Crippen LogP contribution < -0.4 is 0 Å². The molecule has 2 aliphatic rings. The van der Waals surface area contributed by atoms with Gasteiger partial charge in [0.15, 0.2) is 0 Å². The molecule has 0 radical (unpaired) electrons. The molecular weight excluding hydrogens is 330 g/mol. The van der Waals surface area contributed by atoms with Crippen molar-refractivity contribution in [1.82, 2.24) is 25.0 Å². The highest BCUT2D eigenvalue weighted by molar-refractivity contribution is 5.76. The van der Waals surface area contributed by atoms with Gasteiger partial charge in [0.25, 0.3) is 0 Å². The lowest BCUT2D eigenvalue weighted by molar-refractivity contribution is 0.00609. The molecule has 142 valence electrons. The number of hydrogen-bond acceptors (Lipinski definition) is 7. The van der Waals surface area contributed by atoms with E-state index in [1.54, 1.807) is 0 Å². The van der Waals surface area contributed by atoms with Gasteiger partial charge in [0, 0.05) is 44.9 Å². The van der Waals surface area contributed by atoms with Crippen molar-refractivity contribution in [3.05, 3.63) is 23.8 Å². The topological polar surface area (TPSA) is 68.9 Å². The number of piperidine rings is 1. The third-order valence-corrected chi connectivity index (χ3v) is 6.00. The van der Waals surface area contributed by atoms with Crippen molar-refractivity contribution in [3.63, 3.8) is 0 Å². The van der Waals surface area contributed by atoms with Gasteiger partial charge in [0.2, 0.25) is 0 Å². The Morgan fingerprint density at radius 3 is 2.81 bits per heavy atom. The molecule has 26 heavy (non-hydrogen) atoms. The van der Waals surface area contributed by atoms with Crippen LogP contribution in [-0.2, 0) is 6.54 Å². The highest BCUT2D eigenvalue weighted by Gasteiger charge is 2.33. The van der Waals surface area contributed by atoms with Gasteiger partial charge in [-0.05, 0) is 61.3 Å². The van der Waals surface area contributed by atoms with Crippen LogP contribution in [0, 0.1) is 0 Å². The third-order valence-electron chi connectivity index (χ3n) is 6.00. The molecule has 7 nitrogen and oxygen atoms in total. The lowest BCUT2D eigenvalue weighted by Gasteiger charge is -2.47. The Kier molecular flexibility index (Phi) is 5.49. The molecule has 2 aliphatic heterocycles. The summed E-state index contributed by atoms with van der Waals surface area (Å²) in [5, 5.41) is 17.6. The van der Waals surface area contributed by atoms with E-state index in [0.29, 0.717) is 12.1 Å². The summed E-state index contributed by atoms with van der Waals surface area (Å²) in [7, 11) is 2.21. The number of aliphatic hydroxyl groups excluding tert-OH is 1. The van der Waals surface area contributed by atoms with Gasteiger partial charge in [-0.25, -0.2) is 4.63 Å². The average Bonchev–Trinajstić information content (AvgIpc) is 3.13. The number of nitrogens with zero attached hydrogens (tertiary/aromatic N) is 5. The fourth-order valence-corrected chi connectivity index (χ4v) is 4.52. The van der Waals surface area contributed by atoms with Crippen LogP contribution in [0.4, 0.5) is 0 Å². The van der Waals surface area contributed by atoms with Crippen LogP contribution in [0.5, 0.6) is 0 Å². The number of likely N-dealkylation sites (tertiary alicyclic amines) is 1. The van der Waals surface area contributed by atoms with Crippen molar-refractivity contribution in [2.24, 2.45) is 0 Å². The number of fused-ring (bicyclic) bond motifs is 1. The number of benzene rings is 1. The molecule has 2 aromatic rings. The Bertz CT molecular complexity index is 713. The number of aliphatic hydroxyl groups is 1. The van der Waals surface area contributed by atoms with E-state index < -0.39 is 0 Å². The largest absolute Gasteiger partial charge is 0.396 e. The van der Waals surface area contributed by atoms with Crippen molar-refractivity contribution >= 4 is 11.0 Å². The molecule has 0 bridgehead atoms. The lowest BCUT2D eigenvalue weighted by Crippen LogP contribution is -2.58. The highest BCUT2D eigenvalue weighted by atomic mass is 16.6. The molecule has 2 fully saturated rings. The monoisotopic (exact) mass is 359 g/mol. The number of hydrogen-bond donors (Lipinski definition) is 1. The number of rotatable bonds is 5. The second-order valence-corrected chi connectivity index (χ2v) is 7.72. The van der Waals surface area contributed by atoms with E-state index in [-0.39, 0.29) is 6.61 Å². The quantitative estimate of drug-likeness (QED) is 0.860. The van der Waals surface area contributed by atoms with Crippen LogP contribution in [0.25, 0.3) is 11.0 Å². The molecule has 4 rings (SSSR count). The van der Waals surface area contributed by atoms with E-state index in [0.717, 1.165) is 43.6 Å². The van der Waals surface area contributed by atoms with E-state index in [4.69, 9.17) is 4.63 Å². The van der Waals surface area contributed by atoms with E-state index in [9.17, 15) is 5.11 Å². The molecule has 1 N–H and O–H groups in total. The van der Waals surface area contributed by atoms with Crippen LogP contribution in [0.15, 0.2) is 22.8 Å². The number of piperazine rings is 1. The Morgan fingerprint density at radius 1 is 1.15 bits per heavy atom. The minimum Gasteiger partial charge on any atom is -0.396 e. The second kappa shape index (κ2) is 8.00. The zero-order valence-electron chi connectivity index (χ0n) is 15.5. The molecule has 1 unspecified atom stereocenters. The Morgan fingerprint density at radius 2 is 2.00 bits per heavy atom. The maximum absolute atomic E-state index is 9.58. The summed E-state index contributed by atoms with van der Waals surface area (Å²) in [6.07, 6.45) is 3.32. The summed E-state index contributed by atoms with van der Waals surface area (Å²) in [6, 6.07) is 7.14. The molecule has 0 spiro atoms. The first-order valence-electron chi connectivity index (χ1n) is 9.72. The second-order valence-electron chi connectivity index (χ2n) is 7.72. The normalized spacial score (nSPS) is 24.5. The maximum Gasteiger partial charge on any atom is 0.139 e. The van der Waals surface area contributed by atoms with Gasteiger partial charge in [-0.3, -0.25) is 9.80 Å². The van der Waals surface area contributed by atoms with Crippen LogP contribution in [-0.4, -0.2) is 88.6 Å². The summed E-state index contributed by atoms with van der Waals surface area (Å²) in [5.74, 6) is 0. The van der Waals surface area contributed by atoms with E-state index in [2.05, 4.69) is 38.1 Å².